The van der Waals surface area contributed by atoms with Crippen LogP contribution in [0, 0.1) is 0 Å². The van der Waals surface area contributed by atoms with Crippen LogP contribution in [0.5, 0.6) is 0 Å². The summed E-state index contributed by atoms with van der Waals surface area (Å²) in [5.41, 5.74) is 0. The van der Waals surface area contributed by atoms with Crippen LogP contribution in [0.2, 0.25) is 0 Å². The fraction of sp³-hybridized carbons (Fsp3) is 0.745. The van der Waals surface area contributed by atoms with Gasteiger partial charge in [0, 0.05) is 6.42 Å². The number of allylic oxidation sites excluding steroid dienone is 11. The molecule has 0 saturated carbocycles. The highest BCUT2D eigenvalue weighted by atomic mass is 31.2. The van der Waals surface area contributed by atoms with Gasteiger partial charge >= 0.3 is 0 Å². The van der Waals surface area contributed by atoms with Crippen molar-refractivity contribution in [2.45, 2.75) is 206 Å². The number of nitrogens with zero attached hydrogens (tertiary/aromatic N) is 1. The van der Waals surface area contributed by atoms with Crippen LogP contribution in [0.15, 0.2) is 72.9 Å². The molecule has 0 aliphatic carbocycles. The van der Waals surface area contributed by atoms with Gasteiger partial charge in [-0.15, -0.1) is 0 Å². The summed E-state index contributed by atoms with van der Waals surface area (Å²) in [4.78, 5) is 25.3. The Hall–Kier alpha value is -2.06. The van der Waals surface area contributed by atoms with Gasteiger partial charge in [-0.2, -0.15) is 0 Å². The van der Waals surface area contributed by atoms with E-state index in [0.29, 0.717) is 17.4 Å². The van der Waals surface area contributed by atoms with E-state index in [-0.39, 0.29) is 19.1 Å². The molecule has 0 aromatic carbocycles. The van der Waals surface area contributed by atoms with E-state index < -0.39 is 20.0 Å². The molecule has 0 bridgehead atoms. The normalized spacial score (nSPS) is 14.8. The van der Waals surface area contributed by atoms with Gasteiger partial charge in [-0.05, 0) is 64.2 Å². The lowest BCUT2D eigenvalue weighted by atomic mass is 10.0. The van der Waals surface area contributed by atoms with Gasteiger partial charge in [0.15, 0.2) is 0 Å². The lowest BCUT2D eigenvalue weighted by Gasteiger charge is -2.29. The first kappa shape index (κ1) is 57.9. The molecule has 3 unspecified atom stereocenters. The van der Waals surface area contributed by atoms with E-state index in [1.807, 2.05) is 27.2 Å². The maximum absolute atomic E-state index is 12.9. The molecule has 60 heavy (non-hydrogen) atoms. The van der Waals surface area contributed by atoms with Gasteiger partial charge in [-0.25, -0.2) is 0 Å². The second-order valence-electron chi connectivity index (χ2n) is 17.4. The summed E-state index contributed by atoms with van der Waals surface area (Å²) in [5, 5.41) is 13.8. The van der Waals surface area contributed by atoms with Crippen LogP contribution in [-0.4, -0.2) is 68.5 Å². The SMILES string of the molecule is CC/C=C\C/C=C\C/C=C\C/C=C\C/C=C\CCCCCCCCCCCCCC(=O)NC(COP(=O)([O-])OCC[N+](C)(C)C)C(O)/C=C/CCCCCCCCCCC. The standard InChI is InChI=1S/C51H93N2O6P/c1-6-8-10-12-14-16-18-19-20-21-22-23-24-25-26-27-28-29-30-31-32-33-35-37-39-41-43-45-51(55)52-49(48-59-60(56,57)58-47-46-53(3,4)5)50(54)44-42-40-38-36-34-17-15-13-11-9-7-2/h8,10,14,16,19-20,22-23,25-26,42,44,49-50,54H,6-7,9,11-13,15,17-18,21,24,27-41,43,45-48H2,1-5H3,(H-,52,55,56,57)/b10-8-,16-14-,20-19-,23-22-,26-25-,44-42+. The van der Waals surface area contributed by atoms with Crippen molar-refractivity contribution in [3.8, 4) is 0 Å². The Morgan fingerprint density at radius 2 is 1.02 bits per heavy atom. The van der Waals surface area contributed by atoms with Gasteiger partial charge in [-0.3, -0.25) is 9.36 Å². The van der Waals surface area contributed by atoms with Crippen LogP contribution in [0.1, 0.15) is 194 Å². The van der Waals surface area contributed by atoms with Crippen molar-refractivity contribution in [1.29, 1.82) is 0 Å². The lowest BCUT2D eigenvalue weighted by Crippen LogP contribution is -2.45. The smallest absolute Gasteiger partial charge is 0.268 e. The molecule has 0 fully saturated rings. The molecule has 0 aliphatic heterocycles. The summed E-state index contributed by atoms with van der Waals surface area (Å²) < 4.78 is 23.2. The number of hydrogen-bond donors (Lipinski definition) is 2. The van der Waals surface area contributed by atoms with Crippen LogP contribution in [0.25, 0.3) is 0 Å². The molecule has 0 heterocycles. The minimum atomic E-state index is -4.59. The van der Waals surface area contributed by atoms with Gasteiger partial charge in [0.05, 0.1) is 39.9 Å². The summed E-state index contributed by atoms with van der Waals surface area (Å²) in [5.74, 6) is -0.206. The molecule has 0 radical (unpaired) electrons. The number of likely N-dealkylation sites (N-methyl/N-ethyl adjacent to an activating group) is 1. The highest BCUT2D eigenvalue weighted by Gasteiger charge is 2.23. The van der Waals surface area contributed by atoms with E-state index in [1.165, 1.54) is 103 Å². The molecule has 0 saturated heterocycles. The molecule has 0 aromatic rings. The predicted octanol–water partition coefficient (Wildman–Crippen LogP) is 13.3. The first-order chi connectivity index (χ1) is 29.0. The lowest BCUT2D eigenvalue weighted by molar-refractivity contribution is -0.870. The molecule has 1 amide bonds. The van der Waals surface area contributed by atoms with Gasteiger partial charge < -0.3 is 28.8 Å². The van der Waals surface area contributed by atoms with E-state index in [4.69, 9.17) is 9.05 Å². The molecule has 348 valence electrons. The van der Waals surface area contributed by atoms with Crippen molar-refractivity contribution in [2.24, 2.45) is 0 Å². The molecule has 0 aliphatic rings. The minimum Gasteiger partial charge on any atom is -0.756 e. The quantitative estimate of drug-likeness (QED) is 0.0274. The number of hydrogen-bond acceptors (Lipinski definition) is 6. The summed E-state index contributed by atoms with van der Waals surface area (Å²) >= 11 is 0. The van der Waals surface area contributed by atoms with Gasteiger partial charge in [-0.1, -0.05) is 196 Å². The van der Waals surface area contributed by atoms with Gasteiger partial charge in [0.2, 0.25) is 5.91 Å². The molecule has 0 aromatic heterocycles. The number of carbonyl (C=O) groups excluding carboxylic acids is 1. The fourth-order valence-corrected chi connectivity index (χ4v) is 7.31. The van der Waals surface area contributed by atoms with Crippen molar-refractivity contribution in [1.82, 2.24) is 5.32 Å². The summed E-state index contributed by atoms with van der Waals surface area (Å²) in [6.45, 7) is 4.50. The number of aliphatic hydroxyl groups is 1. The summed E-state index contributed by atoms with van der Waals surface area (Å²) in [6, 6.07) is -0.890. The Morgan fingerprint density at radius 1 is 0.600 bits per heavy atom. The minimum absolute atomic E-state index is 0.00448. The number of unbranched alkanes of at least 4 members (excludes halogenated alkanes) is 20. The Balaban J connectivity index is 4.21. The highest BCUT2D eigenvalue weighted by Crippen LogP contribution is 2.38. The maximum Gasteiger partial charge on any atom is 0.268 e. The number of quaternary nitrogens is 1. The maximum atomic E-state index is 12.9. The second-order valence-corrected chi connectivity index (χ2v) is 18.8. The predicted molar refractivity (Wildman–Crippen MR) is 256 cm³/mol. The average molecular weight is 861 g/mol. The van der Waals surface area contributed by atoms with E-state index in [0.717, 1.165) is 70.6 Å². The van der Waals surface area contributed by atoms with Crippen LogP contribution >= 0.6 is 7.82 Å². The monoisotopic (exact) mass is 861 g/mol. The Kier molecular flexibility index (Phi) is 40.8. The van der Waals surface area contributed by atoms with Gasteiger partial charge in [0.1, 0.15) is 13.2 Å². The first-order valence-electron chi connectivity index (χ1n) is 24.3. The third-order valence-corrected chi connectivity index (χ3v) is 11.4. The van der Waals surface area contributed by atoms with Crippen molar-refractivity contribution >= 4 is 13.7 Å². The number of amides is 1. The topological polar surface area (TPSA) is 108 Å². The molecule has 0 rings (SSSR count). The number of carbonyl (C=O) groups is 1. The van der Waals surface area contributed by atoms with Crippen molar-refractivity contribution in [2.75, 3.05) is 40.9 Å². The Labute approximate surface area is 370 Å². The average Bonchev–Trinajstić information content (AvgIpc) is 3.20. The summed E-state index contributed by atoms with van der Waals surface area (Å²) in [6.07, 6.45) is 56.7. The molecule has 0 spiro atoms. The first-order valence-corrected chi connectivity index (χ1v) is 25.8. The second kappa shape index (κ2) is 42.3. The van der Waals surface area contributed by atoms with Crippen LogP contribution < -0.4 is 10.2 Å². The third-order valence-electron chi connectivity index (χ3n) is 10.4. The molecular formula is C51H93N2O6P. The zero-order valence-electron chi connectivity index (χ0n) is 39.4. The summed E-state index contributed by atoms with van der Waals surface area (Å²) in [7, 11) is 1.25. The molecular weight excluding hydrogens is 768 g/mol. The van der Waals surface area contributed by atoms with Crippen LogP contribution in [0.4, 0.5) is 0 Å². The molecule has 3 atom stereocenters. The highest BCUT2D eigenvalue weighted by molar-refractivity contribution is 7.45. The zero-order valence-corrected chi connectivity index (χ0v) is 40.3. The van der Waals surface area contributed by atoms with E-state index >= 15 is 0 Å². The number of rotatable bonds is 43. The van der Waals surface area contributed by atoms with E-state index in [2.05, 4.69) is 79.9 Å². The number of phosphoric acid groups is 1. The molecule has 2 N–H and O–H groups in total. The van der Waals surface area contributed by atoms with Crippen molar-refractivity contribution < 1.29 is 32.9 Å². The van der Waals surface area contributed by atoms with E-state index in [1.54, 1.807) is 6.08 Å². The van der Waals surface area contributed by atoms with Gasteiger partial charge in [0.25, 0.3) is 7.82 Å². The largest absolute Gasteiger partial charge is 0.756 e. The Morgan fingerprint density at radius 3 is 1.48 bits per heavy atom. The molecule has 9 heteroatoms. The number of nitrogens with one attached hydrogen (secondary N) is 1. The van der Waals surface area contributed by atoms with Crippen LogP contribution in [-0.2, 0) is 18.4 Å². The molecule has 8 nitrogen and oxygen atoms in total. The zero-order chi connectivity index (χ0) is 44.3. The Bertz CT molecular complexity index is 1200. The van der Waals surface area contributed by atoms with Crippen molar-refractivity contribution in [3.05, 3.63) is 72.9 Å². The number of aliphatic hydroxyl groups excluding tert-OH is 1. The van der Waals surface area contributed by atoms with E-state index in [9.17, 15) is 19.4 Å². The van der Waals surface area contributed by atoms with Crippen LogP contribution in [0.3, 0.4) is 0 Å². The number of phosphoric ester groups is 1. The van der Waals surface area contributed by atoms with Crippen molar-refractivity contribution in [3.63, 3.8) is 0 Å². The third kappa shape index (κ3) is 44.0. The fourth-order valence-electron chi connectivity index (χ4n) is 6.59.